The van der Waals surface area contributed by atoms with Gasteiger partial charge in [0, 0.05) is 5.02 Å². The van der Waals surface area contributed by atoms with Gasteiger partial charge in [-0.2, -0.15) is 0 Å². The van der Waals surface area contributed by atoms with E-state index in [0.717, 1.165) is 28.2 Å². The lowest BCUT2D eigenvalue weighted by Crippen LogP contribution is -1.98. The van der Waals surface area contributed by atoms with Gasteiger partial charge in [0.25, 0.3) is 0 Å². The molecule has 0 saturated carbocycles. The molecule has 0 fully saturated rings. The highest BCUT2D eigenvalue weighted by molar-refractivity contribution is 6.31. The van der Waals surface area contributed by atoms with Gasteiger partial charge in [-0.25, -0.2) is 4.98 Å². The molecule has 0 spiro atoms. The average Bonchev–Trinajstić information content (AvgIpc) is 2.76. The number of imidazole rings is 1. The standard InChI is InChI=1S/C15H13ClN2/c1-11-6-7-12(13(16)8-11)9-18-10-17-14-4-2-3-5-15(14)18/h2-8,10H,9H2,1H3. The van der Waals surface area contributed by atoms with Crippen molar-refractivity contribution < 1.29 is 0 Å². The van der Waals surface area contributed by atoms with Crippen LogP contribution in [0.3, 0.4) is 0 Å². The Kier molecular flexibility index (Phi) is 2.80. The zero-order valence-electron chi connectivity index (χ0n) is 10.1. The molecule has 0 bridgehead atoms. The third kappa shape index (κ3) is 2.00. The Morgan fingerprint density at radius 3 is 2.83 bits per heavy atom. The Bertz CT molecular complexity index is 701. The van der Waals surface area contributed by atoms with E-state index in [2.05, 4.69) is 27.8 Å². The molecule has 3 aromatic rings. The molecule has 0 atom stereocenters. The smallest absolute Gasteiger partial charge is 0.0961 e. The Hall–Kier alpha value is -1.80. The second-order valence-corrected chi connectivity index (χ2v) is 4.86. The normalized spacial score (nSPS) is 11.0. The van der Waals surface area contributed by atoms with Crippen molar-refractivity contribution >= 4 is 22.6 Å². The number of hydrogen-bond acceptors (Lipinski definition) is 1. The number of fused-ring (bicyclic) bond motifs is 1. The molecule has 0 aliphatic heterocycles. The molecule has 0 amide bonds. The van der Waals surface area contributed by atoms with E-state index < -0.39 is 0 Å². The number of nitrogens with zero attached hydrogens (tertiary/aromatic N) is 2. The Morgan fingerprint density at radius 2 is 2.00 bits per heavy atom. The van der Waals surface area contributed by atoms with Crippen LogP contribution in [0.2, 0.25) is 5.02 Å². The van der Waals surface area contributed by atoms with Crippen LogP contribution < -0.4 is 0 Å². The lowest BCUT2D eigenvalue weighted by Gasteiger charge is -2.07. The third-order valence-electron chi connectivity index (χ3n) is 3.08. The van der Waals surface area contributed by atoms with Crippen molar-refractivity contribution in [1.82, 2.24) is 9.55 Å². The molecule has 3 heteroatoms. The molecule has 0 radical (unpaired) electrons. The van der Waals surface area contributed by atoms with E-state index in [1.54, 1.807) is 0 Å². The second-order valence-electron chi connectivity index (χ2n) is 4.46. The van der Waals surface area contributed by atoms with E-state index in [1.165, 1.54) is 5.56 Å². The van der Waals surface area contributed by atoms with Gasteiger partial charge in [-0.3, -0.25) is 0 Å². The highest BCUT2D eigenvalue weighted by Gasteiger charge is 2.05. The molecule has 0 aliphatic rings. The van der Waals surface area contributed by atoms with Crippen LogP contribution in [0.15, 0.2) is 48.8 Å². The van der Waals surface area contributed by atoms with Crippen molar-refractivity contribution in [2.45, 2.75) is 13.5 Å². The molecule has 18 heavy (non-hydrogen) atoms. The summed E-state index contributed by atoms with van der Waals surface area (Å²) in [7, 11) is 0. The topological polar surface area (TPSA) is 17.8 Å². The molecule has 0 aliphatic carbocycles. The monoisotopic (exact) mass is 256 g/mol. The Balaban J connectivity index is 2.01. The number of halogens is 1. The first kappa shape index (κ1) is 11.3. The summed E-state index contributed by atoms with van der Waals surface area (Å²) >= 11 is 6.26. The van der Waals surface area contributed by atoms with Crippen molar-refractivity contribution in [3.8, 4) is 0 Å². The molecule has 1 heterocycles. The Labute approximate surface area is 111 Å². The maximum Gasteiger partial charge on any atom is 0.0961 e. The first-order chi connectivity index (χ1) is 8.74. The summed E-state index contributed by atoms with van der Waals surface area (Å²) in [5.74, 6) is 0. The summed E-state index contributed by atoms with van der Waals surface area (Å²) in [6, 6.07) is 14.3. The average molecular weight is 257 g/mol. The SMILES string of the molecule is Cc1ccc(Cn2cnc3ccccc32)c(Cl)c1. The lowest BCUT2D eigenvalue weighted by atomic mass is 10.1. The minimum atomic E-state index is 0.750. The highest BCUT2D eigenvalue weighted by atomic mass is 35.5. The molecule has 2 aromatic carbocycles. The summed E-state index contributed by atoms with van der Waals surface area (Å²) in [5, 5.41) is 0.813. The Morgan fingerprint density at radius 1 is 1.17 bits per heavy atom. The fraction of sp³-hybridized carbons (Fsp3) is 0.133. The van der Waals surface area contributed by atoms with Gasteiger partial charge in [0.1, 0.15) is 0 Å². The van der Waals surface area contributed by atoms with Crippen LogP contribution in [0.5, 0.6) is 0 Å². The van der Waals surface area contributed by atoms with Gasteiger partial charge in [0.05, 0.1) is 23.9 Å². The third-order valence-corrected chi connectivity index (χ3v) is 3.43. The highest BCUT2D eigenvalue weighted by Crippen LogP contribution is 2.20. The number of para-hydroxylation sites is 2. The van der Waals surface area contributed by atoms with Gasteiger partial charge in [0.15, 0.2) is 0 Å². The molecular formula is C15H13ClN2. The molecular weight excluding hydrogens is 244 g/mol. The van der Waals surface area contributed by atoms with Crippen molar-refractivity contribution in [2.24, 2.45) is 0 Å². The predicted octanol–water partition coefficient (Wildman–Crippen LogP) is 4.05. The fourth-order valence-corrected chi connectivity index (χ4v) is 2.40. The van der Waals surface area contributed by atoms with E-state index in [0.29, 0.717) is 0 Å². The van der Waals surface area contributed by atoms with Gasteiger partial charge in [-0.05, 0) is 36.2 Å². The van der Waals surface area contributed by atoms with Crippen LogP contribution in [0.4, 0.5) is 0 Å². The predicted molar refractivity (Wildman–Crippen MR) is 75.0 cm³/mol. The zero-order chi connectivity index (χ0) is 12.5. The van der Waals surface area contributed by atoms with Gasteiger partial charge >= 0.3 is 0 Å². The molecule has 0 saturated heterocycles. The van der Waals surface area contributed by atoms with E-state index in [9.17, 15) is 0 Å². The van der Waals surface area contributed by atoms with Crippen LogP contribution >= 0.6 is 11.6 Å². The van der Waals surface area contributed by atoms with Crippen molar-refractivity contribution in [1.29, 1.82) is 0 Å². The van der Waals surface area contributed by atoms with E-state index in [-0.39, 0.29) is 0 Å². The van der Waals surface area contributed by atoms with E-state index in [4.69, 9.17) is 11.6 Å². The van der Waals surface area contributed by atoms with Gasteiger partial charge in [-0.15, -0.1) is 0 Å². The first-order valence-corrected chi connectivity index (χ1v) is 6.27. The lowest BCUT2D eigenvalue weighted by molar-refractivity contribution is 0.824. The van der Waals surface area contributed by atoms with Gasteiger partial charge < -0.3 is 4.57 Å². The number of rotatable bonds is 2. The largest absolute Gasteiger partial charge is 0.326 e. The number of aryl methyl sites for hydroxylation is 1. The molecule has 90 valence electrons. The summed E-state index contributed by atoms with van der Waals surface area (Å²) in [6.45, 7) is 2.79. The molecule has 0 unspecified atom stereocenters. The zero-order valence-corrected chi connectivity index (χ0v) is 10.9. The molecule has 1 aromatic heterocycles. The number of benzene rings is 2. The fourth-order valence-electron chi connectivity index (χ4n) is 2.10. The number of aromatic nitrogens is 2. The summed E-state index contributed by atoms with van der Waals surface area (Å²) in [4.78, 5) is 4.38. The minimum absolute atomic E-state index is 0.750. The van der Waals surface area contributed by atoms with E-state index >= 15 is 0 Å². The summed E-state index contributed by atoms with van der Waals surface area (Å²) in [6.07, 6.45) is 1.86. The summed E-state index contributed by atoms with van der Waals surface area (Å²) in [5.41, 5.74) is 4.44. The number of hydrogen-bond donors (Lipinski definition) is 0. The summed E-state index contributed by atoms with van der Waals surface area (Å²) < 4.78 is 2.12. The second kappa shape index (κ2) is 4.46. The van der Waals surface area contributed by atoms with Crippen LogP contribution in [-0.2, 0) is 6.54 Å². The van der Waals surface area contributed by atoms with Crippen LogP contribution in [0.25, 0.3) is 11.0 Å². The van der Waals surface area contributed by atoms with Crippen LogP contribution in [0, 0.1) is 6.92 Å². The van der Waals surface area contributed by atoms with Crippen molar-refractivity contribution in [3.05, 3.63) is 64.9 Å². The molecule has 2 nitrogen and oxygen atoms in total. The van der Waals surface area contributed by atoms with Crippen molar-refractivity contribution in [2.75, 3.05) is 0 Å². The first-order valence-electron chi connectivity index (χ1n) is 5.89. The molecule has 0 N–H and O–H groups in total. The van der Waals surface area contributed by atoms with Gasteiger partial charge in [0.2, 0.25) is 0 Å². The molecule has 3 rings (SSSR count). The maximum atomic E-state index is 6.26. The van der Waals surface area contributed by atoms with E-state index in [1.807, 2.05) is 37.5 Å². The quantitative estimate of drug-likeness (QED) is 0.676. The van der Waals surface area contributed by atoms with Gasteiger partial charge in [-0.1, -0.05) is 35.9 Å². The maximum absolute atomic E-state index is 6.26. The van der Waals surface area contributed by atoms with Crippen LogP contribution in [0.1, 0.15) is 11.1 Å². The van der Waals surface area contributed by atoms with Crippen LogP contribution in [-0.4, -0.2) is 9.55 Å². The van der Waals surface area contributed by atoms with Crippen molar-refractivity contribution in [3.63, 3.8) is 0 Å². The minimum Gasteiger partial charge on any atom is -0.326 e.